The van der Waals surface area contributed by atoms with Gasteiger partial charge < -0.3 is 5.32 Å². The summed E-state index contributed by atoms with van der Waals surface area (Å²) < 4.78 is 41.7. The van der Waals surface area contributed by atoms with Crippen molar-refractivity contribution in [3.05, 3.63) is 76.7 Å². The monoisotopic (exact) mass is 425 g/mol. The van der Waals surface area contributed by atoms with Crippen LogP contribution in [0.1, 0.15) is 32.9 Å². The molecular weight excluding hydrogens is 407 g/mol. The van der Waals surface area contributed by atoms with E-state index < -0.39 is 17.6 Å². The summed E-state index contributed by atoms with van der Waals surface area (Å²) in [4.78, 5) is 21.6. The van der Waals surface area contributed by atoms with E-state index in [-0.39, 0.29) is 22.5 Å². The molecule has 0 saturated heterocycles. The maximum Gasteiger partial charge on any atom is 0.417 e. The molecule has 0 radical (unpaired) electrons. The molecule has 158 valence electrons. The molecule has 0 spiro atoms. The zero-order valence-electron chi connectivity index (χ0n) is 16.9. The van der Waals surface area contributed by atoms with Gasteiger partial charge in [0.25, 0.3) is 5.91 Å². The Balaban J connectivity index is 1.80. The molecule has 3 heterocycles. The first-order chi connectivity index (χ1) is 14.6. The largest absolute Gasteiger partial charge is 0.417 e. The van der Waals surface area contributed by atoms with Gasteiger partial charge in [-0.1, -0.05) is 18.2 Å². The quantitative estimate of drug-likeness (QED) is 0.502. The van der Waals surface area contributed by atoms with Gasteiger partial charge in [0.05, 0.1) is 17.0 Å². The first-order valence-electron chi connectivity index (χ1n) is 9.42. The third kappa shape index (κ3) is 3.98. The molecule has 0 unspecified atom stereocenters. The van der Waals surface area contributed by atoms with Crippen molar-refractivity contribution in [3.63, 3.8) is 0 Å². The van der Waals surface area contributed by atoms with Gasteiger partial charge in [0.2, 0.25) is 0 Å². The lowest BCUT2D eigenvalue weighted by atomic mass is 10.0. The highest BCUT2D eigenvalue weighted by Gasteiger charge is 2.33. The molecule has 0 aliphatic rings. The molecule has 31 heavy (non-hydrogen) atoms. The van der Waals surface area contributed by atoms with Gasteiger partial charge in [-0.15, -0.1) is 0 Å². The first-order valence-corrected chi connectivity index (χ1v) is 9.42. The van der Waals surface area contributed by atoms with Crippen LogP contribution in [0.3, 0.4) is 0 Å². The predicted molar refractivity (Wildman–Crippen MR) is 110 cm³/mol. The topological polar surface area (TPSA) is 72.2 Å². The Labute approximate surface area is 175 Å². The summed E-state index contributed by atoms with van der Waals surface area (Å²) in [5.41, 5.74) is 1.64. The van der Waals surface area contributed by atoms with E-state index in [0.717, 1.165) is 17.3 Å². The number of aromatic nitrogens is 4. The smallest absolute Gasteiger partial charge is 0.306 e. The number of pyridine rings is 1. The Morgan fingerprint density at radius 3 is 2.48 bits per heavy atom. The second kappa shape index (κ2) is 7.50. The molecular formula is C22H18F3N5O. The van der Waals surface area contributed by atoms with Crippen LogP contribution in [0.25, 0.3) is 16.9 Å². The third-order valence-electron chi connectivity index (χ3n) is 4.73. The lowest BCUT2D eigenvalue weighted by molar-refractivity contribution is -0.137. The summed E-state index contributed by atoms with van der Waals surface area (Å²) in [5.74, 6) is -0.112. The second-order valence-electron chi connectivity index (χ2n) is 7.21. The van der Waals surface area contributed by atoms with Crippen molar-refractivity contribution in [2.45, 2.75) is 26.9 Å². The molecule has 1 amide bonds. The number of fused-ring (bicyclic) bond motifs is 1. The van der Waals surface area contributed by atoms with E-state index in [1.54, 1.807) is 13.0 Å². The van der Waals surface area contributed by atoms with Gasteiger partial charge in [-0.05, 0) is 50.6 Å². The summed E-state index contributed by atoms with van der Waals surface area (Å²) in [6.45, 7) is 5.34. The highest BCUT2D eigenvalue weighted by molar-refractivity contribution is 6.08. The van der Waals surface area contributed by atoms with E-state index in [4.69, 9.17) is 0 Å². The molecule has 1 aromatic carbocycles. The minimum atomic E-state index is -4.53. The van der Waals surface area contributed by atoms with Crippen LogP contribution >= 0.6 is 0 Å². The maximum absolute atomic E-state index is 13.5. The molecule has 9 heteroatoms. The fourth-order valence-corrected chi connectivity index (χ4v) is 3.49. The van der Waals surface area contributed by atoms with Crippen LogP contribution in [0.4, 0.5) is 19.0 Å². The van der Waals surface area contributed by atoms with Crippen LogP contribution in [0.15, 0.2) is 48.7 Å². The Morgan fingerprint density at radius 2 is 1.77 bits per heavy atom. The molecule has 0 aliphatic heterocycles. The molecule has 0 atom stereocenters. The van der Waals surface area contributed by atoms with Gasteiger partial charge >= 0.3 is 6.18 Å². The third-order valence-corrected chi connectivity index (χ3v) is 4.73. The van der Waals surface area contributed by atoms with Crippen LogP contribution in [0.2, 0.25) is 0 Å². The number of carbonyl (C=O) groups excluding carboxylic acids is 1. The fourth-order valence-electron chi connectivity index (χ4n) is 3.49. The highest BCUT2D eigenvalue weighted by atomic mass is 19.4. The average molecular weight is 425 g/mol. The van der Waals surface area contributed by atoms with Gasteiger partial charge in [-0.3, -0.25) is 4.79 Å². The molecule has 0 bridgehead atoms. The van der Waals surface area contributed by atoms with Gasteiger partial charge in [-0.25, -0.2) is 14.5 Å². The number of nitrogens with one attached hydrogen (secondary N) is 1. The number of alkyl halides is 3. The SMILES string of the molecule is Cc1cc(C)nc(NC(=O)c2c(C)nn3ccc(-c4ccccc4C(F)(F)F)nc23)c1. The highest BCUT2D eigenvalue weighted by Crippen LogP contribution is 2.36. The molecule has 0 aliphatic carbocycles. The van der Waals surface area contributed by atoms with Crippen molar-refractivity contribution in [3.8, 4) is 11.3 Å². The normalized spacial score (nSPS) is 11.7. The van der Waals surface area contributed by atoms with Crippen molar-refractivity contribution in [1.29, 1.82) is 0 Å². The molecule has 4 rings (SSSR count). The van der Waals surface area contributed by atoms with Gasteiger partial charge in [0.15, 0.2) is 5.65 Å². The molecule has 0 saturated carbocycles. The average Bonchev–Trinajstić information content (AvgIpc) is 3.01. The Kier molecular flexibility index (Phi) is 4.96. The number of anilines is 1. The second-order valence-corrected chi connectivity index (χ2v) is 7.21. The fraction of sp³-hybridized carbons (Fsp3) is 0.182. The van der Waals surface area contributed by atoms with Gasteiger partial charge in [0.1, 0.15) is 11.4 Å². The Morgan fingerprint density at radius 1 is 1.03 bits per heavy atom. The van der Waals surface area contributed by atoms with Crippen molar-refractivity contribution < 1.29 is 18.0 Å². The van der Waals surface area contributed by atoms with Crippen molar-refractivity contribution in [2.24, 2.45) is 0 Å². The van der Waals surface area contributed by atoms with Crippen molar-refractivity contribution in [1.82, 2.24) is 19.6 Å². The number of hydrogen-bond donors (Lipinski definition) is 1. The minimum Gasteiger partial charge on any atom is -0.306 e. The summed E-state index contributed by atoms with van der Waals surface area (Å²) in [6.07, 6.45) is -3.04. The predicted octanol–water partition coefficient (Wildman–Crippen LogP) is 4.99. The lowest BCUT2D eigenvalue weighted by Crippen LogP contribution is -2.15. The van der Waals surface area contributed by atoms with E-state index in [0.29, 0.717) is 11.5 Å². The summed E-state index contributed by atoms with van der Waals surface area (Å²) in [7, 11) is 0. The van der Waals surface area contributed by atoms with Crippen LogP contribution in [-0.2, 0) is 6.18 Å². The summed E-state index contributed by atoms with van der Waals surface area (Å²) in [5, 5.41) is 7.00. The van der Waals surface area contributed by atoms with E-state index in [1.807, 2.05) is 19.9 Å². The summed E-state index contributed by atoms with van der Waals surface area (Å²) in [6, 6.07) is 10.2. The summed E-state index contributed by atoms with van der Waals surface area (Å²) >= 11 is 0. The van der Waals surface area contributed by atoms with E-state index in [2.05, 4.69) is 20.4 Å². The standard InChI is InChI=1S/C22H18F3N5O/c1-12-10-13(2)26-18(11-12)28-21(31)19-14(3)29-30-9-8-17(27-20(19)30)15-6-4-5-7-16(15)22(23,24)25/h4-11H,1-3H3,(H,26,28,31). The van der Waals surface area contributed by atoms with E-state index >= 15 is 0 Å². The number of carbonyl (C=O) groups is 1. The van der Waals surface area contributed by atoms with Gasteiger partial charge in [0, 0.05) is 17.5 Å². The molecule has 6 nitrogen and oxygen atoms in total. The number of rotatable bonds is 3. The van der Waals surface area contributed by atoms with Crippen LogP contribution < -0.4 is 5.32 Å². The number of aryl methyl sites for hydroxylation is 3. The lowest BCUT2D eigenvalue weighted by Gasteiger charge is -2.12. The number of benzene rings is 1. The molecule has 0 fully saturated rings. The zero-order valence-corrected chi connectivity index (χ0v) is 16.9. The minimum absolute atomic E-state index is 0.0707. The number of halogens is 3. The molecule has 3 aromatic heterocycles. The maximum atomic E-state index is 13.5. The van der Waals surface area contributed by atoms with Crippen molar-refractivity contribution in [2.75, 3.05) is 5.32 Å². The zero-order chi connectivity index (χ0) is 22.3. The van der Waals surface area contributed by atoms with Crippen LogP contribution in [0, 0.1) is 20.8 Å². The van der Waals surface area contributed by atoms with Crippen LogP contribution in [-0.4, -0.2) is 25.5 Å². The molecule has 4 aromatic rings. The van der Waals surface area contributed by atoms with E-state index in [9.17, 15) is 18.0 Å². The number of hydrogen-bond acceptors (Lipinski definition) is 4. The van der Waals surface area contributed by atoms with Gasteiger partial charge in [-0.2, -0.15) is 18.3 Å². The van der Waals surface area contributed by atoms with E-state index in [1.165, 1.54) is 35.0 Å². The number of amides is 1. The molecule has 1 N–H and O–H groups in total. The first kappa shape index (κ1) is 20.5. The van der Waals surface area contributed by atoms with Crippen molar-refractivity contribution >= 4 is 17.4 Å². The van der Waals surface area contributed by atoms with Crippen LogP contribution in [0.5, 0.6) is 0 Å². The number of nitrogens with zero attached hydrogens (tertiary/aromatic N) is 4. The Bertz CT molecular complexity index is 1290. The Hall–Kier alpha value is -3.75.